The Kier molecular flexibility index (Phi) is 2.82. The number of aryl methyl sites for hydroxylation is 2. The maximum atomic E-state index is 5.82. The zero-order chi connectivity index (χ0) is 10.7. The fourth-order valence-electron chi connectivity index (χ4n) is 1.54. The summed E-state index contributed by atoms with van der Waals surface area (Å²) >= 11 is 0. The van der Waals surface area contributed by atoms with E-state index in [4.69, 9.17) is 5.73 Å². The van der Waals surface area contributed by atoms with Gasteiger partial charge in [0.15, 0.2) is 0 Å². The summed E-state index contributed by atoms with van der Waals surface area (Å²) in [4.78, 5) is 4.10. The van der Waals surface area contributed by atoms with Crippen molar-refractivity contribution in [1.29, 1.82) is 0 Å². The first-order valence-corrected chi connectivity index (χ1v) is 5.00. The molecule has 15 heavy (non-hydrogen) atoms. The molecule has 2 aromatic rings. The second-order valence-corrected chi connectivity index (χ2v) is 3.57. The normalized spacial score (nSPS) is 12.9. The number of hydrogen-bond acceptors (Lipinski definition) is 3. The third-order valence-electron chi connectivity index (χ3n) is 2.34. The predicted molar refractivity (Wildman–Crippen MR) is 57.1 cm³/mol. The molecule has 5 heteroatoms. The Balaban J connectivity index is 2.02. The van der Waals surface area contributed by atoms with E-state index in [1.165, 1.54) is 0 Å². The van der Waals surface area contributed by atoms with Crippen molar-refractivity contribution in [2.45, 2.75) is 26.1 Å². The van der Waals surface area contributed by atoms with Gasteiger partial charge in [0.2, 0.25) is 0 Å². The van der Waals surface area contributed by atoms with Crippen LogP contribution in [0.3, 0.4) is 0 Å². The third kappa shape index (κ3) is 2.24. The van der Waals surface area contributed by atoms with Gasteiger partial charge in [-0.2, -0.15) is 5.10 Å². The van der Waals surface area contributed by atoms with E-state index in [1.54, 1.807) is 6.20 Å². The van der Waals surface area contributed by atoms with Gasteiger partial charge >= 0.3 is 0 Å². The lowest BCUT2D eigenvalue weighted by Gasteiger charge is -2.10. The number of imidazole rings is 1. The molecule has 0 aliphatic rings. The van der Waals surface area contributed by atoms with Crippen LogP contribution in [0.15, 0.2) is 31.0 Å². The van der Waals surface area contributed by atoms with Crippen LogP contribution in [0.25, 0.3) is 0 Å². The Morgan fingerprint density at radius 2 is 2.33 bits per heavy atom. The molecule has 2 rings (SSSR count). The smallest absolute Gasteiger partial charge is 0.0949 e. The molecule has 0 aliphatic carbocycles. The fraction of sp³-hybridized carbons (Fsp3) is 0.400. The van der Waals surface area contributed by atoms with E-state index in [0.29, 0.717) is 0 Å². The van der Waals surface area contributed by atoms with Crippen molar-refractivity contribution >= 4 is 0 Å². The van der Waals surface area contributed by atoms with Gasteiger partial charge in [0.25, 0.3) is 0 Å². The summed E-state index contributed by atoms with van der Waals surface area (Å²) in [5.41, 5.74) is 6.88. The molecule has 0 radical (unpaired) electrons. The van der Waals surface area contributed by atoms with Gasteiger partial charge in [-0.05, 0) is 13.0 Å². The largest absolute Gasteiger partial charge is 0.331 e. The van der Waals surface area contributed by atoms with Crippen LogP contribution in [0.4, 0.5) is 0 Å². The van der Waals surface area contributed by atoms with Crippen LogP contribution < -0.4 is 5.73 Å². The highest BCUT2D eigenvalue weighted by Gasteiger charge is 2.05. The second kappa shape index (κ2) is 4.27. The highest BCUT2D eigenvalue weighted by Crippen LogP contribution is 2.08. The third-order valence-corrected chi connectivity index (χ3v) is 2.34. The zero-order valence-corrected chi connectivity index (χ0v) is 8.74. The number of hydrogen-bond donors (Lipinski definition) is 1. The van der Waals surface area contributed by atoms with E-state index >= 15 is 0 Å². The Hall–Kier alpha value is -1.62. The van der Waals surface area contributed by atoms with Crippen molar-refractivity contribution in [3.05, 3.63) is 36.7 Å². The van der Waals surface area contributed by atoms with E-state index in [1.807, 2.05) is 36.4 Å². The Morgan fingerprint density at radius 3 is 3.00 bits per heavy atom. The van der Waals surface area contributed by atoms with E-state index in [-0.39, 0.29) is 6.04 Å². The number of aromatic nitrogens is 4. The predicted octanol–water partition coefficient (Wildman–Crippen LogP) is 0.799. The number of nitrogens with two attached hydrogens (primary N) is 1. The van der Waals surface area contributed by atoms with Gasteiger partial charge in [0.1, 0.15) is 0 Å². The molecular formula is C10H15N5. The van der Waals surface area contributed by atoms with E-state index < -0.39 is 0 Å². The molecule has 1 atom stereocenters. The monoisotopic (exact) mass is 205 g/mol. The molecule has 0 saturated carbocycles. The average molecular weight is 205 g/mol. The van der Waals surface area contributed by atoms with E-state index in [9.17, 15) is 0 Å². The maximum absolute atomic E-state index is 5.82. The SMILES string of the molecule is C[C@H](N)c1cncn1CCn1cccn1. The van der Waals surface area contributed by atoms with Gasteiger partial charge < -0.3 is 10.3 Å². The van der Waals surface area contributed by atoms with Crippen molar-refractivity contribution in [2.75, 3.05) is 0 Å². The van der Waals surface area contributed by atoms with Crippen LogP contribution >= 0.6 is 0 Å². The minimum Gasteiger partial charge on any atom is -0.331 e. The maximum Gasteiger partial charge on any atom is 0.0949 e. The highest BCUT2D eigenvalue weighted by atomic mass is 15.3. The minimum absolute atomic E-state index is 0.0186. The first-order valence-electron chi connectivity index (χ1n) is 5.00. The van der Waals surface area contributed by atoms with Crippen molar-refractivity contribution in [2.24, 2.45) is 5.73 Å². The zero-order valence-electron chi connectivity index (χ0n) is 8.74. The van der Waals surface area contributed by atoms with Gasteiger partial charge in [-0.15, -0.1) is 0 Å². The number of nitrogens with zero attached hydrogens (tertiary/aromatic N) is 4. The Morgan fingerprint density at radius 1 is 1.47 bits per heavy atom. The van der Waals surface area contributed by atoms with Crippen LogP contribution in [0.1, 0.15) is 18.7 Å². The van der Waals surface area contributed by atoms with Crippen molar-refractivity contribution in [3.63, 3.8) is 0 Å². The molecule has 0 saturated heterocycles. The standard InChI is InChI=1S/C10H15N5/c1-9(11)10-7-12-8-14(10)5-6-15-4-2-3-13-15/h2-4,7-9H,5-6,11H2,1H3/t9-/m0/s1. The average Bonchev–Trinajstić information content (AvgIpc) is 2.86. The van der Waals surface area contributed by atoms with Gasteiger partial charge in [-0.3, -0.25) is 4.68 Å². The quantitative estimate of drug-likeness (QED) is 0.803. The van der Waals surface area contributed by atoms with Crippen molar-refractivity contribution in [1.82, 2.24) is 19.3 Å². The van der Waals surface area contributed by atoms with Gasteiger partial charge in [-0.1, -0.05) is 0 Å². The molecule has 0 aromatic carbocycles. The lowest BCUT2D eigenvalue weighted by Crippen LogP contribution is -2.14. The van der Waals surface area contributed by atoms with Crippen LogP contribution in [0, 0.1) is 0 Å². The summed E-state index contributed by atoms with van der Waals surface area (Å²) in [6, 6.07) is 1.94. The highest BCUT2D eigenvalue weighted by molar-refractivity contribution is 5.02. The topological polar surface area (TPSA) is 61.7 Å². The molecule has 0 unspecified atom stereocenters. The molecule has 2 aromatic heterocycles. The second-order valence-electron chi connectivity index (χ2n) is 3.57. The Bertz CT molecular complexity index is 401. The first-order chi connectivity index (χ1) is 7.27. The van der Waals surface area contributed by atoms with Crippen molar-refractivity contribution in [3.8, 4) is 0 Å². The summed E-state index contributed by atoms with van der Waals surface area (Å²) in [5, 5.41) is 4.14. The molecular weight excluding hydrogens is 190 g/mol. The molecule has 80 valence electrons. The lowest BCUT2D eigenvalue weighted by molar-refractivity contribution is 0.513. The van der Waals surface area contributed by atoms with Gasteiger partial charge in [0, 0.05) is 31.2 Å². The minimum atomic E-state index is 0.0186. The summed E-state index contributed by atoms with van der Waals surface area (Å²) in [6.07, 6.45) is 7.35. The molecule has 0 fully saturated rings. The summed E-state index contributed by atoms with van der Waals surface area (Å²) in [7, 11) is 0. The molecule has 2 heterocycles. The van der Waals surface area contributed by atoms with Crippen LogP contribution in [0.2, 0.25) is 0 Å². The molecule has 0 spiro atoms. The Labute approximate surface area is 88.5 Å². The van der Waals surface area contributed by atoms with Gasteiger partial charge in [-0.25, -0.2) is 4.98 Å². The van der Waals surface area contributed by atoms with E-state index in [0.717, 1.165) is 18.8 Å². The molecule has 5 nitrogen and oxygen atoms in total. The molecule has 0 bridgehead atoms. The van der Waals surface area contributed by atoms with Crippen LogP contribution in [0.5, 0.6) is 0 Å². The summed E-state index contributed by atoms with van der Waals surface area (Å²) in [5.74, 6) is 0. The van der Waals surface area contributed by atoms with Gasteiger partial charge in [0.05, 0.1) is 18.6 Å². The molecule has 2 N–H and O–H groups in total. The summed E-state index contributed by atoms with van der Waals surface area (Å²) in [6.45, 7) is 3.64. The lowest BCUT2D eigenvalue weighted by atomic mass is 10.3. The van der Waals surface area contributed by atoms with E-state index in [2.05, 4.69) is 14.6 Å². The van der Waals surface area contributed by atoms with Crippen LogP contribution in [-0.2, 0) is 13.1 Å². The summed E-state index contributed by atoms with van der Waals surface area (Å²) < 4.78 is 3.96. The molecule has 0 aliphatic heterocycles. The van der Waals surface area contributed by atoms with Crippen molar-refractivity contribution < 1.29 is 0 Å². The first kappa shape index (κ1) is 9.92. The van der Waals surface area contributed by atoms with Crippen LogP contribution in [-0.4, -0.2) is 19.3 Å². The number of rotatable bonds is 4. The molecule has 0 amide bonds. The fourth-order valence-corrected chi connectivity index (χ4v) is 1.54.